The molecule has 3 heterocycles. The van der Waals surface area contributed by atoms with Crippen LogP contribution >= 0.6 is 11.8 Å². The number of carbonyl (C=O) groups is 1. The van der Waals surface area contributed by atoms with Crippen molar-refractivity contribution >= 4 is 17.7 Å². The second-order valence-electron chi connectivity index (χ2n) is 8.53. The number of ether oxygens (including phenoxy) is 1. The maximum Gasteiger partial charge on any atom is 0.330 e. The third-order valence-corrected chi connectivity index (χ3v) is 7.59. The number of halogens is 1. The minimum atomic E-state index is -1.92. The number of aliphatic hydroxyl groups excluding tert-OH is 1. The standard InChI is InChI=1S/C25H24FN3O5S/c1-2-13-12-29(25(33)28-22(13)31)24-20(26)21(30)16(34-24)11-27-23(32)19-14-7-3-5-9-17(14)35-18-10-6-4-8-15(18)19/h3-10,12,16,19-21,24,30H,2,11H2,1H3,(H,27,32)(H,28,31,33)/t16-,20+,21-,24-/m1/s1. The number of hydrogen-bond donors (Lipinski definition) is 3. The van der Waals surface area contributed by atoms with E-state index in [0.29, 0.717) is 12.0 Å². The van der Waals surface area contributed by atoms with Crippen LogP contribution in [0.15, 0.2) is 74.1 Å². The van der Waals surface area contributed by atoms with Crippen LogP contribution < -0.4 is 16.6 Å². The zero-order valence-electron chi connectivity index (χ0n) is 18.8. The van der Waals surface area contributed by atoms with Gasteiger partial charge < -0.3 is 15.2 Å². The van der Waals surface area contributed by atoms with Crippen LogP contribution in [-0.2, 0) is 16.0 Å². The largest absolute Gasteiger partial charge is 0.387 e. The molecule has 10 heteroatoms. The molecular formula is C25H24FN3O5S. The monoisotopic (exact) mass is 497 g/mol. The molecule has 0 bridgehead atoms. The van der Waals surface area contributed by atoms with Gasteiger partial charge in [0.05, 0.1) is 5.92 Å². The number of aryl methyl sites for hydroxylation is 1. The summed E-state index contributed by atoms with van der Waals surface area (Å²) in [4.78, 5) is 41.6. The lowest BCUT2D eigenvalue weighted by atomic mass is 9.89. The summed E-state index contributed by atoms with van der Waals surface area (Å²) >= 11 is 1.60. The van der Waals surface area contributed by atoms with Crippen molar-refractivity contribution in [2.45, 2.75) is 53.7 Å². The fraction of sp³-hybridized carbons (Fsp3) is 0.320. The van der Waals surface area contributed by atoms with Crippen LogP contribution in [0, 0.1) is 0 Å². The molecule has 1 fully saturated rings. The summed E-state index contributed by atoms with van der Waals surface area (Å²) in [5, 5.41) is 13.3. The Morgan fingerprint density at radius 1 is 1.14 bits per heavy atom. The van der Waals surface area contributed by atoms with E-state index in [0.717, 1.165) is 25.5 Å². The van der Waals surface area contributed by atoms with Gasteiger partial charge in [0, 0.05) is 28.1 Å². The van der Waals surface area contributed by atoms with E-state index in [2.05, 4.69) is 10.3 Å². The average molecular weight is 498 g/mol. The molecule has 0 saturated carbocycles. The Labute approximate surface area is 204 Å². The van der Waals surface area contributed by atoms with E-state index in [9.17, 15) is 23.9 Å². The Morgan fingerprint density at radius 3 is 2.40 bits per heavy atom. The van der Waals surface area contributed by atoms with Crippen LogP contribution in [0.25, 0.3) is 0 Å². The SMILES string of the molecule is CCc1cn([C@@H]2O[C@H](CNC(=O)C3c4ccccc4Sc4ccccc43)[C@@H](O)[C@@H]2F)c(=O)[nH]c1=O. The van der Waals surface area contributed by atoms with Gasteiger partial charge in [-0.1, -0.05) is 55.1 Å². The van der Waals surface area contributed by atoms with Crippen molar-refractivity contribution in [1.82, 2.24) is 14.9 Å². The Hall–Kier alpha value is -3.21. The number of carbonyl (C=O) groups excluding carboxylic acids is 1. The van der Waals surface area contributed by atoms with Gasteiger partial charge in [-0.2, -0.15) is 0 Å². The molecule has 1 amide bonds. The minimum absolute atomic E-state index is 0.149. The highest BCUT2D eigenvalue weighted by Gasteiger charge is 2.46. The van der Waals surface area contributed by atoms with Crippen molar-refractivity contribution < 1.29 is 19.0 Å². The van der Waals surface area contributed by atoms with Gasteiger partial charge in [0.15, 0.2) is 12.4 Å². The molecule has 0 spiro atoms. The zero-order valence-corrected chi connectivity index (χ0v) is 19.6. The number of H-pyrrole nitrogens is 1. The predicted octanol–water partition coefficient (Wildman–Crippen LogP) is 2.11. The summed E-state index contributed by atoms with van der Waals surface area (Å²) in [6, 6.07) is 15.3. The van der Waals surface area contributed by atoms with Crippen LogP contribution in [-0.4, -0.2) is 45.5 Å². The van der Waals surface area contributed by atoms with Gasteiger partial charge in [-0.3, -0.25) is 19.1 Å². The molecule has 0 aliphatic carbocycles. The number of hydrogen-bond acceptors (Lipinski definition) is 6. The highest BCUT2D eigenvalue weighted by molar-refractivity contribution is 7.99. The Bertz CT molecular complexity index is 1340. The van der Waals surface area contributed by atoms with Gasteiger partial charge in [0.2, 0.25) is 5.91 Å². The number of aromatic amines is 1. The van der Waals surface area contributed by atoms with E-state index in [1.807, 2.05) is 48.5 Å². The lowest BCUT2D eigenvalue weighted by molar-refractivity contribution is -0.122. The van der Waals surface area contributed by atoms with E-state index in [1.54, 1.807) is 18.7 Å². The molecule has 5 rings (SSSR count). The molecule has 4 atom stereocenters. The lowest BCUT2D eigenvalue weighted by Gasteiger charge is -2.27. The number of nitrogens with one attached hydrogen (secondary N) is 2. The van der Waals surface area contributed by atoms with E-state index >= 15 is 0 Å². The second kappa shape index (κ2) is 9.44. The molecule has 182 valence electrons. The third-order valence-electron chi connectivity index (χ3n) is 6.41. The molecule has 35 heavy (non-hydrogen) atoms. The number of alkyl halides is 1. The summed E-state index contributed by atoms with van der Waals surface area (Å²) < 4.78 is 21.6. The van der Waals surface area contributed by atoms with E-state index in [-0.39, 0.29) is 12.5 Å². The van der Waals surface area contributed by atoms with Gasteiger partial charge in [0.1, 0.15) is 12.2 Å². The molecule has 1 saturated heterocycles. The van der Waals surface area contributed by atoms with Crippen LogP contribution in [0.3, 0.4) is 0 Å². The van der Waals surface area contributed by atoms with Crippen molar-refractivity contribution in [3.8, 4) is 0 Å². The highest BCUT2D eigenvalue weighted by atomic mass is 32.2. The van der Waals surface area contributed by atoms with E-state index < -0.39 is 41.8 Å². The number of benzene rings is 2. The van der Waals surface area contributed by atoms with Gasteiger partial charge in [0.25, 0.3) is 5.56 Å². The highest BCUT2D eigenvalue weighted by Crippen LogP contribution is 2.45. The Morgan fingerprint density at radius 2 is 1.77 bits per heavy atom. The predicted molar refractivity (Wildman–Crippen MR) is 127 cm³/mol. The fourth-order valence-electron chi connectivity index (χ4n) is 4.56. The number of nitrogens with zero attached hydrogens (tertiary/aromatic N) is 1. The Balaban J connectivity index is 1.35. The molecule has 2 aliphatic rings. The van der Waals surface area contributed by atoms with Crippen molar-refractivity contribution in [2.75, 3.05) is 6.54 Å². The van der Waals surface area contributed by atoms with Gasteiger partial charge in [-0.05, 0) is 29.7 Å². The van der Waals surface area contributed by atoms with E-state index in [4.69, 9.17) is 4.74 Å². The van der Waals surface area contributed by atoms with Gasteiger partial charge >= 0.3 is 5.69 Å². The molecule has 3 N–H and O–H groups in total. The molecule has 0 radical (unpaired) electrons. The zero-order chi connectivity index (χ0) is 24.7. The molecule has 8 nitrogen and oxygen atoms in total. The Kier molecular flexibility index (Phi) is 6.35. The molecule has 3 aromatic rings. The summed E-state index contributed by atoms with van der Waals surface area (Å²) in [6.45, 7) is 1.58. The van der Waals surface area contributed by atoms with Crippen LogP contribution in [0.2, 0.25) is 0 Å². The van der Waals surface area contributed by atoms with Crippen molar-refractivity contribution in [1.29, 1.82) is 0 Å². The second-order valence-corrected chi connectivity index (χ2v) is 9.61. The number of rotatable bonds is 5. The molecular weight excluding hydrogens is 473 g/mol. The molecule has 1 aromatic heterocycles. The van der Waals surface area contributed by atoms with Gasteiger partial charge in [-0.25, -0.2) is 9.18 Å². The van der Waals surface area contributed by atoms with Crippen LogP contribution in [0.4, 0.5) is 4.39 Å². The van der Waals surface area contributed by atoms with Crippen molar-refractivity contribution in [2.24, 2.45) is 0 Å². The van der Waals surface area contributed by atoms with Crippen LogP contribution in [0.1, 0.15) is 35.8 Å². The minimum Gasteiger partial charge on any atom is -0.387 e. The van der Waals surface area contributed by atoms with E-state index in [1.165, 1.54) is 6.20 Å². The summed E-state index contributed by atoms with van der Waals surface area (Å²) in [6.07, 6.45) is -4.40. The number of fused-ring (bicyclic) bond motifs is 2. The summed E-state index contributed by atoms with van der Waals surface area (Å²) in [7, 11) is 0. The quantitative estimate of drug-likeness (QED) is 0.498. The van der Waals surface area contributed by atoms with Crippen molar-refractivity contribution in [3.05, 3.63) is 92.3 Å². The lowest BCUT2D eigenvalue weighted by Crippen LogP contribution is -2.41. The normalized spacial score (nSPS) is 23.5. The van der Waals surface area contributed by atoms with Gasteiger partial charge in [-0.15, -0.1) is 0 Å². The first kappa shape index (κ1) is 23.5. The first-order chi connectivity index (χ1) is 16.9. The summed E-state index contributed by atoms with van der Waals surface area (Å²) in [5.41, 5.74) is 0.658. The maximum absolute atomic E-state index is 15.0. The maximum atomic E-state index is 15.0. The third kappa shape index (κ3) is 4.22. The molecule has 0 unspecified atom stereocenters. The topological polar surface area (TPSA) is 113 Å². The molecule has 2 aliphatic heterocycles. The van der Waals surface area contributed by atoms with Crippen molar-refractivity contribution in [3.63, 3.8) is 0 Å². The fourth-order valence-corrected chi connectivity index (χ4v) is 5.70. The summed E-state index contributed by atoms with van der Waals surface area (Å²) in [5.74, 6) is -0.859. The first-order valence-corrected chi connectivity index (χ1v) is 12.2. The molecule has 2 aromatic carbocycles. The number of aliphatic hydroxyl groups is 1. The average Bonchev–Trinajstić information content (AvgIpc) is 3.14. The number of aromatic nitrogens is 2. The first-order valence-electron chi connectivity index (χ1n) is 11.3. The van der Waals surface area contributed by atoms with Crippen LogP contribution in [0.5, 0.6) is 0 Å². The smallest absolute Gasteiger partial charge is 0.330 e. The number of amides is 1.